The van der Waals surface area contributed by atoms with E-state index in [1.807, 2.05) is 0 Å². The average molecular weight is 211 g/mol. The largest absolute Gasteiger partial charge is 0.404 e. The van der Waals surface area contributed by atoms with Gasteiger partial charge in [0, 0.05) is 5.69 Å². The molecule has 0 radical (unpaired) electrons. The van der Waals surface area contributed by atoms with Crippen molar-refractivity contribution in [2.75, 3.05) is 11.5 Å². The van der Waals surface area contributed by atoms with Crippen molar-refractivity contribution in [2.45, 2.75) is 0 Å². The van der Waals surface area contributed by atoms with Crippen LogP contribution in [0.4, 0.5) is 11.7 Å². The minimum atomic E-state index is 0.00731. The molecule has 0 aliphatic carbocycles. The minimum absolute atomic E-state index is 0.00731. The second kappa shape index (κ2) is 3.19. The van der Waals surface area contributed by atoms with Crippen molar-refractivity contribution < 1.29 is 4.42 Å². The quantitative estimate of drug-likeness (QED) is 0.697. The highest BCUT2D eigenvalue weighted by Gasteiger charge is 2.10. The number of hydrogen-bond acceptors (Lipinski definition) is 5. The summed E-state index contributed by atoms with van der Waals surface area (Å²) in [4.78, 5) is 0. The summed E-state index contributed by atoms with van der Waals surface area (Å²) in [7, 11) is 0. The second-order valence-corrected chi connectivity index (χ2v) is 3.09. The van der Waals surface area contributed by atoms with Crippen LogP contribution in [-0.4, -0.2) is 10.2 Å². The lowest BCUT2D eigenvalue weighted by Crippen LogP contribution is -1.86. The van der Waals surface area contributed by atoms with Crippen molar-refractivity contribution in [3.05, 3.63) is 23.2 Å². The van der Waals surface area contributed by atoms with Gasteiger partial charge in [-0.2, -0.15) is 0 Å². The Morgan fingerprint density at radius 3 is 2.57 bits per heavy atom. The number of rotatable bonds is 1. The Labute approximate surface area is 84.7 Å². The van der Waals surface area contributed by atoms with E-state index < -0.39 is 0 Å². The van der Waals surface area contributed by atoms with Gasteiger partial charge in [-0.1, -0.05) is 16.7 Å². The van der Waals surface area contributed by atoms with Crippen LogP contribution in [-0.2, 0) is 0 Å². The summed E-state index contributed by atoms with van der Waals surface area (Å²) in [6, 6.07) is 5.01. The van der Waals surface area contributed by atoms with Crippen LogP contribution in [0, 0.1) is 0 Å². The molecule has 72 valence electrons. The summed E-state index contributed by atoms with van der Waals surface area (Å²) in [5.74, 6) is 0.285. The number of benzene rings is 1. The van der Waals surface area contributed by atoms with E-state index in [0.29, 0.717) is 16.3 Å². The highest BCUT2D eigenvalue weighted by Crippen LogP contribution is 2.28. The van der Waals surface area contributed by atoms with E-state index in [2.05, 4.69) is 10.2 Å². The molecule has 4 N–H and O–H groups in total. The zero-order valence-electron chi connectivity index (χ0n) is 7.07. The van der Waals surface area contributed by atoms with Crippen molar-refractivity contribution in [3.63, 3.8) is 0 Å². The van der Waals surface area contributed by atoms with Crippen LogP contribution in [0.3, 0.4) is 0 Å². The first-order chi connectivity index (χ1) is 6.66. The number of nitrogens with zero attached hydrogens (tertiary/aromatic N) is 2. The molecule has 0 aliphatic rings. The van der Waals surface area contributed by atoms with E-state index in [-0.39, 0.29) is 11.9 Å². The minimum Gasteiger partial charge on any atom is -0.404 e. The maximum absolute atomic E-state index is 5.92. The molecule has 0 atom stereocenters. The van der Waals surface area contributed by atoms with E-state index in [9.17, 15) is 0 Å². The lowest BCUT2D eigenvalue weighted by atomic mass is 10.2. The van der Waals surface area contributed by atoms with Crippen molar-refractivity contribution >= 4 is 23.3 Å². The second-order valence-electron chi connectivity index (χ2n) is 2.68. The number of halogens is 1. The van der Waals surface area contributed by atoms with Crippen LogP contribution in [0.25, 0.3) is 11.5 Å². The van der Waals surface area contributed by atoms with Gasteiger partial charge in [-0.25, -0.2) is 0 Å². The highest BCUT2D eigenvalue weighted by molar-refractivity contribution is 6.33. The molecule has 0 spiro atoms. The van der Waals surface area contributed by atoms with Gasteiger partial charge >= 0.3 is 6.01 Å². The lowest BCUT2D eigenvalue weighted by molar-refractivity contribution is 0.590. The van der Waals surface area contributed by atoms with Gasteiger partial charge in [0.25, 0.3) is 5.89 Å². The topological polar surface area (TPSA) is 91.0 Å². The Hall–Kier alpha value is -1.75. The molecule has 0 fully saturated rings. The molecule has 0 amide bonds. The Morgan fingerprint density at radius 2 is 2.00 bits per heavy atom. The molecule has 2 rings (SSSR count). The summed E-state index contributed by atoms with van der Waals surface area (Å²) in [6.07, 6.45) is 0. The fourth-order valence-corrected chi connectivity index (χ4v) is 1.32. The molecule has 14 heavy (non-hydrogen) atoms. The van der Waals surface area contributed by atoms with Crippen LogP contribution in [0.5, 0.6) is 0 Å². The van der Waals surface area contributed by atoms with Crippen LogP contribution in [0.1, 0.15) is 0 Å². The fraction of sp³-hybridized carbons (Fsp3) is 0. The molecule has 6 heteroatoms. The van der Waals surface area contributed by atoms with Gasteiger partial charge in [-0.05, 0) is 18.2 Å². The predicted octanol–water partition coefficient (Wildman–Crippen LogP) is 1.55. The lowest BCUT2D eigenvalue weighted by Gasteiger charge is -1.99. The van der Waals surface area contributed by atoms with Crippen LogP contribution in [0.15, 0.2) is 22.6 Å². The summed E-state index contributed by atoms with van der Waals surface area (Å²) >= 11 is 5.92. The summed E-state index contributed by atoms with van der Waals surface area (Å²) in [6.45, 7) is 0. The van der Waals surface area contributed by atoms with E-state index in [4.69, 9.17) is 27.5 Å². The monoisotopic (exact) mass is 210 g/mol. The first-order valence-corrected chi connectivity index (χ1v) is 4.19. The van der Waals surface area contributed by atoms with Crippen LogP contribution < -0.4 is 11.5 Å². The van der Waals surface area contributed by atoms with Gasteiger partial charge in [0.05, 0.1) is 10.6 Å². The summed E-state index contributed by atoms with van der Waals surface area (Å²) in [5, 5.41) is 7.69. The van der Waals surface area contributed by atoms with Gasteiger partial charge < -0.3 is 15.9 Å². The third-order valence-corrected chi connectivity index (χ3v) is 1.98. The van der Waals surface area contributed by atoms with Gasteiger partial charge in [0.1, 0.15) is 0 Å². The molecular formula is C8H7ClN4O. The summed E-state index contributed by atoms with van der Waals surface area (Å²) < 4.78 is 5.02. The van der Waals surface area contributed by atoms with E-state index in [0.717, 1.165) is 0 Å². The van der Waals surface area contributed by atoms with E-state index in [1.165, 1.54) is 0 Å². The highest BCUT2D eigenvalue weighted by atomic mass is 35.5. The molecular weight excluding hydrogens is 204 g/mol. The first-order valence-electron chi connectivity index (χ1n) is 3.81. The molecule has 0 unspecified atom stereocenters. The molecule has 5 nitrogen and oxygen atoms in total. The Morgan fingerprint density at radius 1 is 1.21 bits per heavy atom. The van der Waals surface area contributed by atoms with Crippen molar-refractivity contribution in [1.82, 2.24) is 10.2 Å². The SMILES string of the molecule is Nc1ccc(-c2nnc(N)o2)c(Cl)c1. The Kier molecular flexibility index (Phi) is 2.01. The normalized spacial score (nSPS) is 10.4. The number of nitrogens with two attached hydrogens (primary N) is 2. The van der Waals surface area contributed by atoms with Crippen molar-refractivity contribution in [2.24, 2.45) is 0 Å². The number of hydrogen-bond donors (Lipinski definition) is 2. The zero-order valence-corrected chi connectivity index (χ0v) is 7.82. The van der Waals surface area contributed by atoms with Crippen molar-refractivity contribution in [3.8, 4) is 11.5 Å². The number of anilines is 2. The van der Waals surface area contributed by atoms with Crippen molar-refractivity contribution in [1.29, 1.82) is 0 Å². The zero-order chi connectivity index (χ0) is 10.1. The average Bonchev–Trinajstić information content (AvgIpc) is 2.51. The molecule has 0 saturated carbocycles. The molecule has 0 aliphatic heterocycles. The molecule has 2 aromatic rings. The molecule has 0 saturated heterocycles. The first kappa shape index (κ1) is 8.83. The third kappa shape index (κ3) is 1.49. The number of nitrogen functional groups attached to an aromatic ring is 2. The van der Waals surface area contributed by atoms with Gasteiger partial charge in [0.2, 0.25) is 0 Å². The molecule has 1 heterocycles. The maximum Gasteiger partial charge on any atom is 0.313 e. The van der Waals surface area contributed by atoms with Crippen LogP contribution in [0.2, 0.25) is 5.02 Å². The molecule has 0 bridgehead atoms. The summed E-state index contributed by atoms with van der Waals surface area (Å²) in [5.41, 5.74) is 12.0. The van der Waals surface area contributed by atoms with Gasteiger partial charge in [0.15, 0.2) is 0 Å². The van der Waals surface area contributed by atoms with Crippen LogP contribution >= 0.6 is 11.6 Å². The van der Waals surface area contributed by atoms with E-state index >= 15 is 0 Å². The molecule has 1 aromatic carbocycles. The standard InChI is InChI=1S/C8H7ClN4O/c9-6-3-4(10)1-2-5(6)7-12-13-8(11)14-7/h1-3H,10H2,(H2,11,13). The van der Waals surface area contributed by atoms with Gasteiger partial charge in [-0.3, -0.25) is 0 Å². The smallest absolute Gasteiger partial charge is 0.313 e. The fourth-order valence-electron chi connectivity index (χ4n) is 1.05. The van der Waals surface area contributed by atoms with E-state index in [1.54, 1.807) is 18.2 Å². The Balaban J connectivity index is 2.52. The Bertz CT molecular complexity index is 468. The van der Waals surface area contributed by atoms with Gasteiger partial charge in [-0.15, -0.1) is 5.10 Å². The third-order valence-electron chi connectivity index (χ3n) is 1.66. The maximum atomic E-state index is 5.92. The molecule has 1 aromatic heterocycles. The number of aromatic nitrogens is 2. The predicted molar refractivity (Wildman–Crippen MR) is 53.6 cm³/mol.